The highest BCUT2D eigenvalue weighted by Crippen LogP contribution is 2.33. The largest absolute Gasteiger partial charge is 0.478 e. The lowest BCUT2D eigenvalue weighted by molar-refractivity contribution is -0.139. The van der Waals surface area contributed by atoms with Crippen molar-refractivity contribution in [2.24, 2.45) is 0 Å². The van der Waals surface area contributed by atoms with Crippen LogP contribution in [0.2, 0.25) is 0 Å². The van der Waals surface area contributed by atoms with Crippen molar-refractivity contribution >= 4 is 21.7 Å². The van der Waals surface area contributed by atoms with Crippen LogP contribution in [-0.2, 0) is 16.2 Å². The van der Waals surface area contributed by atoms with E-state index in [1.807, 2.05) is 4.72 Å². The van der Waals surface area contributed by atoms with E-state index in [1.54, 1.807) is 0 Å². The number of nitrogens with one attached hydrogen (secondary N) is 1. The molecule has 0 bridgehead atoms. The standard InChI is InChI=1S/C16H13F4NO4S/c1-8-5-10(15(22)23)6-14(9(8)2)26(24,25)21-11-3-4-13(17)12(7-11)16(18,19)20/h3-7,21H,1-2H3,(H,22,23). The van der Waals surface area contributed by atoms with Crippen molar-refractivity contribution in [3.63, 3.8) is 0 Å². The van der Waals surface area contributed by atoms with Gasteiger partial charge in [-0.05, 0) is 55.3 Å². The maximum absolute atomic E-state index is 13.3. The SMILES string of the molecule is Cc1cc(C(=O)O)cc(S(=O)(=O)Nc2ccc(F)c(C(F)(F)F)c2)c1C. The van der Waals surface area contributed by atoms with Crippen molar-refractivity contribution in [1.82, 2.24) is 0 Å². The van der Waals surface area contributed by atoms with Crippen molar-refractivity contribution in [3.8, 4) is 0 Å². The Morgan fingerprint density at radius 1 is 1.12 bits per heavy atom. The van der Waals surface area contributed by atoms with Crippen LogP contribution in [0.4, 0.5) is 23.2 Å². The van der Waals surface area contributed by atoms with Crippen LogP contribution in [0.3, 0.4) is 0 Å². The first-order chi connectivity index (χ1) is 11.8. The molecule has 10 heteroatoms. The average molecular weight is 391 g/mol. The van der Waals surface area contributed by atoms with E-state index in [0.717, 1.165) is 12.1 Å². The van der Waals surface area contributed by atoms with Crippen molar-refractivity contribution in [1.29, 1.82) is 0 Å². The van der Waals surface area contributed by atoms with Crippen molar-refractivity contribution in [2.75, 3.05) is 4.72 Å². The topological polar surface area (TPSA) is 83.5 Å². The smallest absolute Gasteiger partial charge is 0.419 e. The number of aryl methyl sites for hydroxylation is 1. The summed E-state index contributed by atoms with van der Waals surface area (Å²) in [5.41, 5.74) is -1.80. The molecule has 5 nitrogen and oxygen atoms in total. The summed E-state index contributed by atoms with van der Waals surface area (Å²) < 4.78 is 78.6. The third kappa shape index (κ3) is 3.96. The lowest BCUT2D eigenvalue weighted by atomic mass is 10.1. The second-order valence-corrected chi connectivity index (χ2v) is 7.17. The van der Waals surface area contributed by atoms with Crippen molar-refractivity contribution in [2.45, 2.75) is 24.9 Å². The van der Waals surface area contributed by atoms with Crippen LogP contribution < -0.4 is 4.72 Å². The molecule has 2 rings (SSSR count). The molecule has 0 aliphatic rings. The first-order valence-corrected chi connectivity index (χ1v) is 8.55. The summed E-state index contributed by atoms with van der Waals surface area (Å²) in [5.74, 6) is -2.90. The summed E-state index contributed by atoms with van der Waals surface area (Å²) in [6.45, 7) is 2.93. The second-order valence-electron chi connectivity index (χ2n) is 5.52. The quantitative estimate of drug-likeness (QED) is 0.773. The summed E-state index contributed by atoms with van der Waals surface area (Å²) >= 11 is 0. The average Bonchev–Trinajstić information content (AvgIpc) is 2.50. The van der Waals surface area contributed by atoms with Gasteiger partial charge < -0.3 is 5.11 Å². The fraction of sp³-hybridized carbons (Fsp3) is 0.188. The third-order valence-corrected chi connectivity index (χ3v) is 5.19. The highest BCUT2D eigenvalue weighted by atomic mass is 32.2. The Morgan fingerprint density at radius 3 is 2.27 bits per heavy atom. The number of halogens is 4. The molecule has 0 aromatic heterocycles. The van der Waals surface area contributed by atoms with Gasteiger partial charge in [-0.1, -0.05) is 0 Å². The van der Waals surface area contributed by atoms with Crippen LogP contribution in [0.15, 0.2) is 35.2 Å². The van der Waals surface area contributed by atoms with Gasteiger partial charge in [-0.2, -0.15) is 13.2 Å². The molecule has 0 saturated heterocycles. The highest BCUT2D eigenvalue weighted by Gasteiger charge is 2.34. The van der Waals surface area contributed by atoms with E-state index < -0.39 is 44.1 Å². The molecule has 0 aliphatic heterocycles. The molecule has 0 spiro atoms. The van der Waals surface area contributed by atoms with Crippen LogP contribution in [0.5, 0.6) is 0 Å². The Morgan fingerprint density at radius 2 is 1.73 bits per heavy atom. The molecular formula is C16H13F4NO4S. The first-order valence-electron chi connectivity index (χ1n) is 7.07. The Balaban J connectivity index is 2.52. The fourth-order valence-electron chi connectivity index (χ4n) is 2.25. The number of carboxylic acid groups (broad SMARTS) is 1. The molecule has 0 amide bonds. The van der Waals surface area contributed by atoms with Gasteiger partial charge in [0.05, 0.1) is 16.0 Å². The molecule has 0 aliphatic carbocycles. The molecule has 2 aromatic carbocycles. The molecule has 0 heterocycles. The van der Waals surface area contributed by atoms with Gasteiger partial charge in [-0.25, -0.2) is 17.6 Å². The van der Waals surface area contributed by atoms with Gasteiger partial charge in [-0.3, -0.25) is 4.72 Å². The zero-order valence-corrected chi connectivity index (χ0v) is 14.3. The Hall–Kier alpha value is -2.62. The summed E-state index contributed by atoms with van der Waals surface area (Å²) in [6, 6.07) is 3.84. The monoisotopic (exact) mass is 391 g/mol. The predicted octanol–water partition coefficient (Wildman–Crippen LogP) is 3.96. The Bertz CT molecular complexity index is 984. The molecule has 2 aromatic rings. The number of rotatable bonds is 4. The number of hydrogen-bond donors (Lipinski definition) is 2. The van der Waals surface area contributed by atoms with Gasteiger partial charge in [0.1, 0.15) is 5.82 Å². The Kier molecular flexibility index (Phi) is 5.00. The lowest BCUT2D eigenvalue weighted by Gasteiger charge is -2.15. The van der Waals surface area contributed by atoms with E-state index in [1.165, 1.54) is 19.9 Å². The number of anilines is 1. The zero-order valence-electron chi connectivity index (χ0n) is 13.5. The van der Waals surface area contributed by atoms with Gasteiger partial charge in [-0.15, -0.1) is 0 Å². The minimum absolute atomic E-state index is 0.237. The number of benzene rings is 2. The third-order valence-electron chi connectivity index (χ3n) is 3.68. The van der Waals surface area contributed by atoms with Gasteiger partial charge in [0.15, 0.2) is 0 Å². The molecule has 0 saturated carbocycles. The summed E-state index contributed by atoms with van der Waals surface area (Å²) in [7, 11) is -4.40. The number of carbonyl (C=O) groups is 1. The van der Waals surface area contributed by atoms with Gasteiger partial charge in [0.2, 0.25) is 0 Å². The molecule has 0 atom stereocenters. The molecule has 0 radical (unpaired) electrons. The van der Waals surface area contributed by atoms with E-state index in [4.69, 9.17) is 5.11 Å². The van der Waals surface area contributed by atoms with E-state index in [0.29, 0.717) is 17.7 Å². The lowest BCUT2D eigenvalue weighted by Crippen LogP contribution is -2.17. The molecule has 26 heavy (non-hydrogen) atoms. The van der Waals surface area contributed by atoms with Crippen molar-refractivity contribution < 1.29 is 35.9 Å². The van der Waals surface area contributed by atoms with E-state index >= 15 is 0 Å². The number of carboxylic acids is 1. The number of alkyl halides is 3. The van der Waals surface area contributed by atoms with Crippen LogP contribution >= 0.6 is 0 Å². The highest BCUT2D eigenvalue weighted by molar-refractivity contribution is 7.92. The second kappa shape index (κ2) is 6.60. The van der Waals surface area contributed by atoms with Gasteiger partial charge >= 0.3 is 12.1 Å². The van der Waals surface area contributed by atoms with E-state index in [9.17, 15) is 30.8 Å². The molecule has 2 N–H and O–H groups in total. The number of aromatic carboxylic acids is 1. The molecular weight excluding hydrogens is 378 g/mol. The van der Waals surface area contributed by atoms with E-state index in [-0.39, 0.29) is 11.1 Å². The number of hydrogen-bond acceptors (Lipinski definition) is 3. The maximum Gasteiger partial charge on any atom is 0.419 e. The summed E-state index contributed by atoms with van der Waals surface area (Å²) in [6.07, 6.45) is -5.00. The van der Waals surface area contributed by atoms with E-state index in [2.05, 4.69) is 0 Å². The molecule has 140 valence electrons. The zero-order chi connectivity index (χ0) is 19.9. The Labute approximate surface area is 146 Å². The molecule has 0 unspecified atom stereocenters. The predicted molar refractivity (Wildman–Crippen MR) is 85.1 cm³/mol. The van der Waals surface area contributed by atoms with Crippen LogP contribution in [0.25, 0.3) is 0 Å². The first kappa shape index (κ1) is 19.7. The molecule has 0 fully saturated rings. The van der Waals surface area contributed by atoms with Crippen molar-refractivity contribution in [3.05, 3.63) is 58.4 Å². The van der Waals surface area contributed by atoms with Crippen LogP contribution in [0.1, 0.15) is 27.0 Å². The summed E-state index contributed by atoms with van der Waals surface area (Å²) in [4.78, 5) is 10.7. The van der Waals surface area contributed by atoms with Gasteiger partial charge in [0.25, 0.3) is 10.0 Å². The minimum atomic E-state index is -5.00. The maximum atomic E-state index is 13.3. The number of sulfonamides is 1. The van der Waals surface area contributed by atoms with Crippen LogP contribution in [-0.4, -0.2) is 19.5 Å². The normalized spacial score (nSPS) is 12.1. The summed E-state index contributed by atoms with van der Waals surface area (Å²) in [5, 5.41) is 9.05. The fourth-order valence-corrected chi connectivity index (χ4v) is 3.64. The van der Waals surface area contributed by atoms with Crippen LogP contribution in [0, 0.1) is 19.7 Å². The van der Waals surface area contributed by atoms with Gasteiger partial charge in [0, 0.05) is 5.69 Å². The minimum Gasteiger partial charge on any atom is -0.478 e.